The maximum atomic E-state index is 9.23. The molecule has 3 N–H and O–H groups in total. The number of anilines is 1. The van der Waals surface area contributed by atoms with Gasteiger partial charge in [-0.1, -0.05) is 13.3 Å². The summed E-state index contributed by atoms with van der Waals surface area (Å²) in [4.78, 5) is 0. The van der Waals surface area contributed by atoms with Crippen molar-refractivity contribution in [3.8, 4) is 11.4 Å². The molecule has 1 aromatic heterocycles. The molecule has 0 amide bonds. The smallest absolute Gasteiger partial charge is 0.115 e. The van der Waals surface area contributed by atoms with Crippen molar-refractivity contribution in [2.24, 2.45) is 0 Å². The molecule has 84 valence electrons. The number of nitrogens with two attached hydrogens (primary N) is 1. The van der Waals surface area contributed by atoms with Crippen LogP contribution in [0.3, 0.4) is 0 Å². The molecule has 1 heterocycles. The lowest BCUT2D eigenvalue weighted by atomic mass is 10.2. The van der Waals surface area contributed by atoms with Crippen molar-refractivity contribution in [3.63, 3.8) is 0 Å². The minimum absolute atomic E-state index is 0.251. The van der Waals surface area contributed by atoms with Crippen molar-refractivity contribution in [2.75, 3.05) is 5.73 Å². The molecule has 2 rings (SSSR count). The fourth-order valence-electron chi connectivity index (χ4n) is 1.69. The van der Waals surface area contributed by atoms with E-state index in [2.05, 4.69) is 12.0 Å². The molecular formula is C12H15N3O. The summed E-state index contributed by atoms with van der Waals surface area (Å²) >= 11 is 0. The van der Waals surface area contributed by atoms with Gasteiger partial charge in [0.25, 0.3) is 0 Å². The lowest BCUT2D eigenvalue weighted by Crippen LogP contribution is -2.03. The van der Waals surface area contributed by atoms with Crippen LogP contribution in [-0.4, -0.2) is 14.9 Å². The maximum Gasteiger partial charge on any atom is 0.115 e. The average molecular weight is 217 g/mol. The molecule has 0 bridgehead atoms. The van der Waals surface area contributed by atoms with Gasteiger partial charge in [-0.3, -0.25) is 0 Å². The van der Waals surface area contributed by atoms with Crippen molar-refractivity contribution < 1.29 is 5.11 Å². The van der Waals surface area contributed by atoms with Crippen molar-refractivity contribution in [1.82, 2.24) is 9.78 Å². The van der Waals surface area contributed by atoms with Gasteiger partial charge < -0.3 is 10.8 Å². The van der Waals surface area contributed by atoms with E-state index in [0.717, 1.165) is 29.9 Å². The van der Waals surface area contributed by atoms with E-state index in [1.807, 2.05) is 16.8 Å². The predicted molar refractivity (Wildman–Crippen MR) is 63.6 cm³/mol. The first-order valence-electron chi connectivity index (χ1n) is 5.34. The Hall–Kier alpha value is -1.97. The second-order valence-corrected chi connectivity index (χ2v) is 3.72. The molecule has 1 aromatic carbocycles. The van der Waals surface area contributed by atoms with Gasteiger partial charge in [0.2, 0.25) is 0 Å². The molecule has 0 aliphatic rings. The Morgan fingerprint density at radius 2 is 2.00 bits per heavy atom. The highest BCUT2D eigenvalue weighted by Crippen LogP contribution is 2.19. The highest BCUT2D eigenvalue weighted by molar-refractivity contribution is 5.47. The Bertz CT molecular complexity index is 474. The van der Waals surface area contributed by atoms with E-state index in [0.29, 0.717) is 0 Å². The Morgan fingerprint density at radius 1 is 1.31 bits per heavy atom. The van der Waals surface area contributed by atoms with Crippen LogP contribution >= 0.6 is 0 Å². The van der Waals surface area contributed by atoms with Crippen LogP contribution < -0.4 is 5.73 Å². The Labute approximate surface area is 94.3 Å². The van der Waals surface area contributed by atoms with Crippen LogP contribution in [0.1, 0.15) is 19.0 Å². The van der Waals surface area contributed by atoms with E-state index in [9.17, 15) is 5.11 Å². The van der Waals surface area contributed by atoms with Crippen molar-refractivity contribution in [1.29, 1.82) is 0 Å². The average Bonchev–Trinajstić information content (AvgIpc) is 2.63. The summed E-state index contributed by atoms with van der Waals surface area (Å²) in [7, 11) is 0. The molecule has 0 saturated carbocycles. The monoisotopic (exact) mass is 217 g/mol. The maximum absolute atomic E-state index is 9.23. The van der Waals surface area contributed by atoms with Crippen molar-refractivity contribution in [2.45, 2.75) is 19.8 Å². The van der Waals surface area contributed by atoms with Crippen LogP contribution in [0.25, 0.3) is 5.69 Å². The number of aromatic nitrogens is 2. The number of rotatable bonds is 3. The van der Waals surface area contributed by atoms with Gasteiger partial charge in [-0.25, -0.2) is 4.68 Å². The summed E-state index contributed by atoms with van der Waals surface area (Å²) in [5.74, 6) is 0.251. The number of phenols is 1. The summed E-state index contributed by atoms with van der Waals surface area (Å²) in [5.41, 5.74) is 8.52. The Kier molecular flexibility index (Phi) is 2.81. The summed E-state index contributed by atoms with van der Waals surface area (Å²) in [6.07, 6.45) is 3.58. The number of hydrogen-bond acceptors (Lipinski definition) is 3. The van der Waals surface area contributed by atoms with Crippen LogP contribution in [0.2, 0.25) is 0 Å². The van der Waals surface area contributed by atoms with E-state index in [1.165, 1.54) is 0 Å². The third-order valence-electron chi connectivity index (χ3n) is 2.48. The summed E-state index contributed by atoms with van der Waals surface area (Å²) in [5, 5.41) is 13.5. The zero-order chi connectivity index (χ0) is 11.5. The van der Waals surface area contributed by atoms with E-state index in [-0.39, 0.29) is 5.75 Å². The van der Waals surface area contributed by atoms with Gasteiger partial charge in [0.05, 0.1) is 23.3 Å². The zero-order valence-electron chi connectivity index (χ0n) is 9.22. The number of nitrogen functional groups attached to an aromatic ring is 1. The molecule has 0 fully saturated rings. The van der Waals surface area contributed by atoms with Gasteiger partial charge in [-0.2, -0.15) is 5.10 Å². The van der Waals surface area contributed by atoms with Gasteiger partial charge in [0.15, 0.2) is 0 Å². The first-order chi connectivity index (χ1) is 7.72. The number of hydrogen-bond donors (Lipinski definition) is 2. The molecule has 4 heteroatoms. The molecule has 0 atom stereocenters. The Balaban J connectivity index is 2.43. The molecule has 0 radical (unpaired) electrons. The SMILES string of the molecule is CCCc1c(N)cnn1-c1ccc(O)cc1. The van der Waals surface area contributed by atoms with Crippen LogP contribution in [0.4, 0.5) is 5.69 Å². The summed E-state index contributed by atoms with van der Waals surface area (Å²) < 4.78 is 1.82. The van der Waals surface area contributed by atoms with Gasteiger partial charge in [0.1, 0.15) is 5.75 Å². The third-order valence-corrected chi connectivity index (χ3v) is 2.48. The highest BCUT2D eigenvalue weighted by Gasteiger charge is 2.08. The lowest BCUT2D eigenvalue weighted by Gasteiger charge is -2.07. The normalized spacial score (nSPS) is 10.6. The molecule has 0 saturated heterocycles. The molecule has 2 aromatic rings. The quantitative estimate of drug-likeness (QED) is 0.827. The van der Waals surface area contributed by atoms with E-state index in [1.54, 1.807) is 18.3 Å². The molecule has 4 nitrogen and oxygen atoms in total. The van der Waals surface area contributed by atoms with Gasteiger partial charge in [-0.05, 0) is 30.7 Å². The molecule has 0 spiro atoms. The third kappa shape index (κ3) is 1.86. The van der Waals surface area contributed by atoms with Crippen LogP contribution in [0, 0.1) is 0 Å². The summed E-state index contributed by atoms with van der Waals surface area (Å²) in [6, 6.07) is 6.92. The molecule has 0 unspecified atom stereocenters. The molecule has 0 aliphatic heterocycles. The molecule has 16 heavy (non-hydrogen) atoms. The van der Waals surface area contributed by atoms with Gasteiger partial charge >= 0.3 is 0 Å². The standard InChI is InChI=1S/C12H15N3O/c1-2-3-12-11(13)8-14-15(12)9-4-6-10(16)7-5-9/h4-8,16H,2-3,13H2,1H3. The predicted octanol–water partition coefficient (Wildman–Crippen LogP) is 2.11. The van der Waals surface area contributed by atoms with Crippen LogP contribution in [0.15, 0.2) is 30.5 Å². The Morgan fingerprint density at radius 3 is 2.62 bits per heavy atom. The second kappa shape index (κ2) is 4.26. The van der Waals surface area contributed by atoms with Crippen molar-refractivity contribution >= 4 is 5.69 Å². The van der Waals surface area contributed by atoms with Crippen LogP contribution in [-0.2, 0) is 6.42 Å². The second-order valence-electron chi connectivity index (χ2n) is 3.72. The first kappa shape index (κ1) is 10.5. The van der Waals surface area contributed by atoms with E-state index in [4.69, 9.17) is 5.73 Å². The first-order valence-corrected chi connectivity index (χ1v) is 5.34. The number of aromatic hydroxyl groups is 1. The number of phenolic OH excluding ortho intramolecular Hbond substituents is 1. The van der Waals surface area contributed by atoms with E-state index >= 15 is 0 Å². The summed E-state index contributed by atoms with van der Waals surface area (Å²) in [6.45, 7) is 2.10. The topological polar surface area (TPSA) is 64.1 Å². The largest absolute Gasteiger partial charge is 0.508 e. The fourth-order valence-corrected chi connectivity index (χ4v) is 1.69. The van der Waals surface area contributed by atoms with Crippen LogP contribution in [0.5, 0.6) is 5.75 Å². The van der Waals surface area contributed by atoms with Gasteiger partial charge in [-0.15, -0.1) is 0 Å². The van der Waals surface area contributed by atoms with Gasteiger partial charge in [0, 0.05) is 0 Å². The number of nitrogens with zero attached hydrogens (tertiary/aromatic N) is 2. The van der Waals surface area contributed by atoms with Crippen molar-refractivity contribution in [3.05, 3.63) is 36.2 Å². The number of benzene rings is 1. The lowest BCUT2D eigenvalue weighted by molar-refractivity contribution is 0.475. The zero-order valence-corrected chi connectivity index (χ0v) is 9.22. The minimum atomic E-state index is 0.251. The molecule has 0 aliphatic carbocycles. The highest BCUT2D eigenvalue weighted by atomic mass is 16.3. The fraction of sp³-hybridized carbons (Fsp3) is 0.250. The van der Waals surface area contributed by atoms with E-state index < -0.39 is 0 Å². The minimum Gasteiger partial charge on any atom is -0.508 e. The molecular weight excluding hydrogens is 202 g/mol.